The smallest absolute Gasteiger partial charge is 0.161 e. The molecule has 1 aliphatic rings. The molecule has 7 aromatic rings. The van der Waals surface area contributed by atoms with Gasteiger partial charge in [-0.2, -0.15) is 0 Å². The zero-order chi connectivity index (χ0) is 32.6. The average molecular weight is 657 g/mol. The number of rotatable bonds is 7. The first kappa shape index (κ1) is 30.3. The Bertz CT molecular complexity index is 2290. The van der Waals surface area contributed by atoms with Crippen molar-refractivity contribution in [1.29, 1.82) is 0 Å². The Morgan fingerprint density at radius 1 is 0.417 bits per heavy atom. The Balaban J connectivity index is 1.69. The SMILES string of the molecule is O=P(c1ccccc1)(c1ccccc1)C1(P(=O)(c2ccccc2)c2ccccc2)CC=c2ccccc2=C1c1cccc2ccccc12. The van der Waals surface area contributed by atoms with Gasteiger partial charge in [0.25, 0.3) is 0 Å². The largest absolute Gasteiger partial charge is 0.312 e. The fourth-order valence-electron chi connectivity index (χ4n) is 7.75. The lowest BCUT2D eigenvalue weighted by atomic mass is 9.89. The van der Waals surface area contributed by atoms with Gasteiger partial charge in [0.1, 0.15) is 4.90 Å². The van der Waals surface area contributed by atoms with E-state index in [0.717, 1.165) is 32.3 Å². The number of fused-ring (bicyclic) bond motifs is 2. The highest BCUT2D eigenvalue weighted by molar-refractivity contribution is 7.97. The van der Waals surface area contributed by atoms with Gasteiger partial charge in [-0.15, -0.1) is 0 Å². The molecule has 7 aromatic carbocycles. The third-order valence-corrected chi connectivity index (χ3v) is 18.5. The van der Waals surface area contributed by atoms with E-state index in [9.17, 15) is 0 Å². The van der Waals surface area contributed by atoms with Crippen LogP contribution in [0.2, 0.25) is 0 Å². The van der Waals surface area contributed by atoms with Crippen molar-refractivity contribution in [3.05, 3.63) is 204 Å². The summed E-state index contributed by atoms with van der Waals surface area (Å²) in [6.45, 7) is 0. The minimum Gasteiger partial charge on any atom is -0.312 e. The summed E-state index contributed by atoms with van der Waals surface area (Å²) in [5.41, 5.74) is 1.82. The molecular weight excluding hydrogens is 622 g/mol. The van der Waals surface area contributed by atoms with Gasteiger partial charge < -0.3 is 9.13 Å². The van der Waals surface area contributed by atoms with Gasteiger partial charge >= 0.3 is 0 Å². The predicted molar refractivity (Wildman–Crippen MR) is 203 cm³/mol. The van der Waals surface area contributed by atoms with Crippen LogP contribution in [0.3, 0.4) is 0 Å². The average Bonchev–Trinajstić information content (AvgIpc) is 3.18. The summed E-state index contributed by atoms with van der Waals surface area (Å²) >= 11 is 0. The molecule has 4 heteroatoms. The number of hydrogen-bond donors (Lipinski definition) is 0. The van der Waals surface area contributed by atoms with E-state index in [4.69, 9.17) is 0 Å². The van der Waals surface area contributed by atoms with Gasteiger partial charge in [-0.1, -0.05) is 194 Å². The van der Waals surface area contributed by atoms with Crippen LogP contribution in [0.25, 0.3) is 22.4 Å². The molecule has 0 spiro atoms. The molecule has 0 N–H and O–H groups in total. The molecule has 0 aliphatic heterocycles. The molecule has 0 saturated heterocycles. The summed E-state index contributed by atoms with van der Waals surface area (Å²) in [5.74, 6) is 0. The van der Waals surface area contributed by atoms with Gasteiger partial charge in [-0.05, 0) is 38.8 Å². The molecule has 2 nitrogen and oxygen atoms in total. The minimum absolute atomic E-state index is 0.310. The maximum atomic E-state index is 17.4. The number of benzene rings is 7. The molecule has 0 saturated carbocycles. The summed E-state index contributed by atoms with van der Waals surface area (Å²) < 4.78 is 34.8. The normalized spacial score (nSPS) is 14.2. The van der Waals surface area contributed by atoms with Gasteiger partial charge in [0, 0.05) is 21.2 Å². The van der Waals surface area contributed by atoms with Crippen molar-refractivity contribution >= 4 is 57.9 Å². The van der Waals surface area contributed by atoms with E-state index in [-0.39, 0.29) is 0 Å². The monoisotopic (exact) mass is 656 g/mol. The Labute approximate surface area is 281 Å². The van der Waals surface area contributed by atoms with Crippen LogP contribution in [-0.4, -0.2) is 4.90 Å². The molecule has 48 heavy (non-hydrogen) atoms. The zero-order valence-corrected chi connectivity index (χ0v) is 28.2. The highest BCUT2D eigenvalue weighted by Gasteiger charge is 2.64. The molecule has 0 amide bonds. The first-order chi connectivity index (χ1) is 23.6. The lowest BCUT2D eigenvalue weighted by Gasteiger charge is -2.49. The van der Waals surface area contributed by atoms with Crippen LogP contribution in [0.1, 0.15) is 12.0 Å². The lowest BCUT2D eigenvalue weighted by Crippen LogP contribution is -2.50. The Hall–Kier alpha value is -5.00. The van der Waals surface area contributed by atoms with E-state index in [1.54, 1.807) is 0 Å². The molecule has 0 fully saturated rings. The molecule has 0 bridgehead atoms. The van der Waals surface area contributed by atoms with Gasteiger partial charge in [-0.25, -0.2) is 0 Å². The second-order valence-corrected chi connectivity index (χ2v) is 18.7. The molecule has 0 radical (unpaired) electrons. The molecule has 0 unspecified atom stereocenters. The summed E-state index contributed by atoms with van der Waals surface area (Å²) in [5, 5.41) is 6.88. The van der Waals surface area contributed by atoms with Gasteiger partial charge in [-0.3, -0.25) is 0 Å². The van der Waals surface area contributed by atoms with E-state index in [0.29, 0.717) is 27.6 Å². The Morgan fingerprint density at radius 2 is 0.833 bits per heavy atom. The number of hydrogen-bond acceptors (Lipinski definition) is 2. The lowest BCUT2D eigenvalue weighted by molar-refractivity contribution is 0.564. The first-order valence-corrected chi connectivity index (χ1v) is 19.7. The van der Waals surface area contributed by atoms with Gasteiger partial charge in [0.2, 0.25) is 0 Å². The third-order valence-electron chi connectivity index (χ3n) is 9.82. The van der Waals surface area contributed by atoms with Crippen molar-refractivity contribution in [3.63, 3.8) is 0 Å². The second kappa shape index (κ2) is 12.2. The van der Waals surface area contributed by atoms with E-state index < -0.39 is 19.2 Å². The topological polar surface area (TPSA) is 34.1 Å². The maximum absolute atomic E-state index is 17.4. The third kappa shape index (κ3) is 4.48. The van der Waals surface area contributed by atoms with Crippen molar-refractivity contribution in [2.24, 2.45) is 0 Å². The van der Waals surface area contributed by atoms with Crippen LogP contribution in [0.4, 0.5) is 0 Å². The van der Waals surface area contributed by atoms with Gasteiger partial charge in [0.15, 0.2) is 14.3 Å². The summed E-state index contributed by atoms with van der Waals surface area (Å²) in [4.78, 5) is -1.41. The van der Waals surface area contributed by atoms with E-state index in [1.165, 1.54) is 0 Å². The predicted octanol–water partition coefficient (Wildman–Crippen LogP) is 7.95. The molecule has 0 aromatic heterocycles. The van der Waals surface area contributed by atoms with Crippen molar-refractivity contribution in [3.8, 4) is 0 Å². The van der Waals surface area contributed by atoms with Crippen LogP contribution >= 0.6 is 14.3 Å². The standard InChI is InChI=1S/C44H34O2P2/c45-47(36-21-5-1-6-22-36,37-23-7-2-8-24-37)44(48(46,38-25-9-3-10-26-38)39-27-11-4-12-28-39)33-32-35-19-14-16-30-41(35)43(44)42-31-17-20-34-18-13-15-29-40(34)42/h1-32H,33H2. The Morgan fingerprint density at radius 3 is 1.35 bits per heavy atom. The molecule has 232 valence electrons. The van der Waals surface area contributed by atoms with Crippen molar-refractivity contribution in [2.45, 2.75) is 11.3 Å². The maximum Gasteiger partial charge on any atom is 0.161 e. The van der Waals surface area contributed by atoms with Gasteiger partial charge in [0.05, 0.1) is 0 Å². The molecule has 0 atom stereocenters. The molecule has 8 rings (SSSR count). The second-order valence-electron chi connectivity index (χ2n) is 12.3. The summed E-state index contributed by atoms with van der Waals surface area (Å²) in [6.07, 6.45) is 2.49. The van der Waals surface area contributed by atoms with Crippen molar-refractivity contribution < 1.29 is 9.13 Å². The van der Waals surface area contributed by atoms with Crippen molar-refractivity contribution in [2.75, 3.05) is 0 Å². The first-order valence-electron chi connectivity index (χ1n) is 16.3. The van der Waals surface area contributed by atoms with Crippen LogP contribution < -0.4 is 31.7 Å². The summed E-state index contributed by atoms with van der Waals surface area (Å²) in [6, 6.07) is 62.2. The highest BCUT2D eigenvalue weighted by Crippen LogP contribution is 2.79. The van der Waals surface area contributed by atoms with E-state index >= 15 is 9.13 Å². The zero-order valence-electron chi connectivity index (χ0n) is 26.4. The quantitative estimate of drug-likeness (QED) is 0.163. The van der Waals surface area contributed by atoms with Crippen molar-refractivity contribution in [1.82, 2.24) is 0 Å². The molecule has 1 aliphatic carbocycles. The van der Waals surface area contributed by atoms with E-state index in [2.05, 4.69) is 54.6 Å². The van der Waals surface area contributed by atoms with Crippen LogP contribution in [0, 0.1) is 0 Å². The summed E-state index contributed by atoms with van der Waals surface area (Å²) in [7, 11) is -7.74. The fraction of sp³-hybridized carbons (Fsp3) is 0.0455. The Kier molecular flexibility index (Phi) is 7.73. The van der Waals surface area contributed by atoms with Crippen LogP contribution in [0.15, 0.2) is 188 Å². The van der Waals surface area contributed by atoms with Crippen LogP contribution in [0.5, 0.6) is 0 Å². The van der Waals surface area contributed by atoms with E-state index in [1.807, 2.05) is 140 Å². The highest BCUT2D eigenvalue weighted by atomic mass is 31.2. The molecule has 0 heterocycles. The van der Waals surface area contributed by atoms with Crippen LogP contribution in [-0.2, 0) is 9.13 Å². The molecular formula is C44H34O2P2. The fourth-order valence-corrected chi connectivity index (χ4v) is 17.2. The minimum atomic E-state index is -3.87.